The van der Waals surface area contributed by atoms with E-state index in [1.807, 2.05) is 42.5 Å². The fraction of sp³-hybridized carbons (Fsp3) is 0.261. The van der Waals surface area contributed by atoms with E-state index in [1.54, 1.807) is 26.8 Å². The van der Waals surface area contributed by atoms with E-state index < -0.39 is 10.0 Å². The highest BCUT2D eigenvalue weighted by Crippen LogP contribution is 2.22. The Kier molecular flexibility index (Phi) is 6.74. The topological polar surface area (TPSA) is 84.5 Å². The van der Waals surface area contributed by atoms with Gasteiger partial charge in [0.2, 0.25) is 10.0 Å². The van der Waals surface area contributed by atoms with E-state index in [9.17, 15) is 13.2 Å². The maximum atomic E-state index is 12.3. The van der Waals surface area contributed by atoms with Gasteiger partial charge in [0.15, 0.2) is 6.61 Å². The second-order valence-electron chi connectivity index (χ2n) is 7.41. The van der Waals surface area contributed by atoms with Crippen molar-refractivity contribution in [3.8, 4) is 5.75 Å². The van der Waals surface area contributed by atoms with Crippen LogP contribution in [-0.4, -0.2) is 27.0 Å². The van der Waals surface area contributed by atoms with E-state index >= 15 is 0 Å². The third-order valence-electron chi connectivity index (χ3n) is 4.56. The van der Waals surface area contributed by atoms with Gasteiger partial charge in [-0.25, -0.2) is 13.1 Å². The lowest BCUT2D eigenvalue weighted by atomic mass is 10.0. The fourth-order valence-electron chi connectivity index (χ4n) is 3.16. The van der Waals surface area contributed by atoms with Gasteiger partial charge in [0.25, 0.3) is 5.91 Å². The van der Waals surface area contributed by atoms with Gasteiger partial charge >= 0.3 is 0 Å². The molecule has 0 spiro atoms. The average molecular weight is 427 g/mol. The lowest BCUT2D eigenvalue weighted by Gasteiger charge is -2.13. The van der Waals surface area contributed by atoms with Crippen LogP contribution in [0.1, 0.15) is 25.0 Å². The van der Waals surface area contributed by atoms with Crippen LogP contribution in [0.5, 0.6) is 5.75 Å². The summed E-state index contributed by atoms with van der Waals surface area (Å²) in [5.41, 5.74) is 1.67. The van der Waals surface area contributed by atoms with Crippen LogP contribution < -0.4 is 14.8 Å². The van der Waals surface area contributed by atoms with Crippen molar-refractivity contribution in [2.45, 2.75) is 38.3 Å². The lowest BCUT2D eigenvalue weighted by Crippen LogP contribution is -2.30. The molecule has 30 heavy (non-hydrogen) atoms. The number of aryl methyl sites for hydroxylation is 1. The summed E-state index contributed by atoms with van der Waals surface area (Å²) >= 11 is 0. The zero-order valence-corrected chi connectivity index (χ0v) is 18.1. The summed E-state index contributed by atoms with van der Waals surface area (Å²) in [5, 5.41) is 5.09. The van der Waals surface area contributed by atoms with Gasteiger partial charge in [0, 0.05) is 12.6 Å². The fourth-order valence-corrected chi connectivity index (χ4v) is 4.50. The van der Waals surface area contributed by atoms with Gasteiger partial charge < -0.3 is 10.1 Å². The highest BCUT2D eigenvalue weighted by Gasteiger charge is 2.17. The molecule has 7 heteroatoms. The summed E-state index contributed by atoms with van der Waals surface area (Å²) < 4.78 is 32.7. The SMILES string of the molecule is Cc1cc(S(=O)(=O)NC(C)C)ccc1OCC(=O)NCc1cccc2ccccc12. The number of ether oxygens (including phenoxy) is 1. The molecule has 0 aromatic heterocycles. The van der Waals surface area contributed by atoms with E-state index in [0.717, 1.165) is 16.3 Å². The van der Waals surface area contributed by atoms with Crippen molar-refractivity contribution in [2.24, 2.45) is 0 Å². The van der Waals surface area contributed by atoms with E-state index in [1.165, 1.54) is 12.1 Å². The number of hydrogen-bond donors (Lipinski definition) is 2. The molecule has 0 aliphatic heterocycles. The van der Waals surface area contributed by atoms with Crippen LogP contribution in [0.4, 0.5) is 0 Å². The predicted octanol–water partition coefficient (Wildman–Crippen LogP) is 3.53. The number of carbonyl (C=O) groups excluding carboxylic acids is 1. The summed E-state index contributed by atoms with van der Waals surface area (Å²) in [7, 11) is -3.57. The van der Waals surface area contributed by atoms with Gasteiger partial charge in [-0.2, -0.15) is 0 Å². The first-order valence-electron chi connectivity index (χ1n) is 9.75. The summed E-state index contributed by atoms with van der Waals surface area (Å²) in [6.45, 7) is 5.53. The Morgan fingerprint density at radius 3 is 2.50 bits per heavy atom. The predicted molar refractivity (Wildman–Crippen MR) is 118 cm³/mol. The molecular formula is C23H26N2O4S. The molecule has 0 radical (unpaired) electrons. The molecule has 0 heterocycles. The van der Waals surface area contributed by atoms with Crippen LogP contribution in [0.15, 0.2) is 65.6 Å². The molecule has 0 bridgehead atoms. The maximum Gasteiger partial charge on any atom is 0.258 e. The highest BCUT2D eigenvalue weighted by molar-refractivity contribution is 7.89. The molecule has 158 valence electrons. The minimum absolute atomic E-state index is 0.151. The van der Waals surface area contributed by atoms with Crippen molar-refractivity contribution >= 4 is 26.7 Å². The Balaban J connectivity index is 1.59. The van der Waals surface area contributed by atoms with Crippen LogP contribution in [-0.2, 0) is 21.4 Å². The minimum atomic E-state index is -3.57. The average Bonchev–Trinajstić information content (AvgIpc) is 2.70. The molecule has 0 atom stereocenters. The summed E-state index contributed by atoms with van der Waals surface area (Å²) in [6.07, 6.45) is 0. The molecule has 0 saturated heterocycles. The molecule has 3 aromatic rings. The molecule has 0 unspecified atom stereocenters. The molecule has 1 amide bonds. The normalized spacial score (nSPS) is 11.6. The van der Waals surface area contributed by atoms with E-state index in [0.29, 0.717) is 17.9 Å². The third-order valence-corrected chi connectivity index (χ3v) is 6.22. The van der Waals surface area contributed by atoms with Gasteiger partial charge in [0.05, 0.1) is 4.90 Å². The Bertz CT molecular complexity index is 1150. The third kappa shape index (κ3) is 5.37. The van der Waals surface area contributed by atoms with Crippen molar-refractivity contribution in [1.82, 2.24) is 10.0 Å². The summed E-state index contributed by atoms with van der Waals surface area (Å²) in [6, 6.07) is 18.4. The monoisotopic (exact) mass is 426 g/mol. The molecule has 3 aromatic carbocycles. The Morgan fingerprint density at radius 2 is 1.77 bits per heavy atom. The number of amides is 1. The van der Waals surface area contributed by atoms with Crippen molar-refractivity contribution in [1.29, 1.82) is 0 Å². The number of fused-ring (bicyclic) bond motifs is 1. The first-order chi connectivity index (χ1) is 14.3. The van der Waals surface area contributed by atoms with Crippen molar-refractivity contribution < 1.29 is 17.9 Å². The van der Waals surface area contributed by atoms with Crippen LogP contribution in [0.3, 0.4) is 0 Å². The molecular weight excluding hydrogens is 400 g/mol. The Hall–Kier alpha value is -2.90. The number of hydrogen-bond acceptors (Lipinski definition) is 4. The summed E-state index contributed by atoms with van der Waals surface area (Å²) in [5.74, 6) is 0.222. The zero-order chi connectivity index (χ0) is 21.7. The number of benzene rings is 3. The molecule has 0 fully saturated rings. The second kappa shape index (κ2) is 9.28. The first-order valence-corrected chi connectivity index (χ1v) is 11.2. The molecule has 0 saturated carbocycles. The molecule has 0 aliphatic rings. The minimum Gasteiger partial charge on any atom is -0.484 e. The zero-order valence-electron chi connectivity index (χ0n) is 17.3. The van der Waals surface area contributed by atoms with Gasteiger partial charge in [0.1, 0.15) is 5.75 Å². The molecule has 3 rings (SSSR count). The summed E-state index contributed by atoms with van der Waals surface area (Å²) in [4.78, 5) is 12.4. The second-order valence-corrected chi connectivity index (χ2v) is 9.12. The maximum absolute atomic E-state index is 12.3. The van der Waals surface area contributed by atoms with Gasteiger partial charge in [-0.05, 0) is 60.9 Å². The van der Waals surface area contributed by atoms with Crippen LogP contribution >= 0.6 is 0 Å². The Labute approximate surface area is 177 Å². The number of rotatable bonds is 8. The van der Waals surface area contributed by atoms with Crippen molar-refractivity contribution in [3.05, 3.63) is 71.8 Å². The number of sulfonamides is 1. The quantitative estimate of drug-likeness (QED) is 0.577. The molecule has 0 aliphatic carbocycles. The molecule has 6 nitrogen and oxygen atoms in total. The van der Waals surface area contributed by atoms with Crippen LogP contribution in [0.2, 0.25) is 0 Å². The van der Waals surface area contributed by atoms with E-state index in [2.05, 4.69) is 10.0 Å². The highest BCUT2D eigenvalue weighted by atomic mass is 32.2. The number of carbonyl (C=O) groups is 1. The van der Waals surface area contributed by atoms with E-state index in [4.69, 9.17) is 4.74 Å². The largest absolute Gasteiger partial charge is 0.484 e. The van der Waals surface area contributed by atoms with E-state index in [-0.39, 0.29) is 23.5 Å². The first kappa shape index (κ1) is 21.8. The molecule has 2 N–H and O–H groups in total. The number of nitrogens with one attached hydrogen (secondary N) is 2. The van der Waals surface area contributed by atoms with Crippen LogP contribution in [0.25, 0.3) is 10.8 Å². The van der Waals surface area contributed by atoms with Crippen molar-refractivity contribution in [3.63, 3.8) is 0 Å². The van der Waals surface area contributed by atoms with Gasteiger partial charge in [-0.15, -0.1) is 0 Å². The van der Waals surface area contributed by atoms with Gasteiger partial charge in [-0.3, -0.25) is 4.79 Å². The Morgan fingerprint density at radius 1 is 1.03 bits per heavy atom. The van der Waals surface area contributed by atoms with Crippen LogP contribution in [0, 0.1) is 6.92 Å². The standard InChI is InChI=1S/C23H26N2O4S/c1-16(2)25-30(27,28)20-11-12-22(17(3)13-20)29-15-23(26)24-14-19-9-6-8-18-7-4-5-10-21(18)19/h4-13,16,25H,14-15H2,1-3H3,(H,24,26). The van der Waals surface area contributed by atoms with Gasteiger partial charge in [-0.1, -0.05) is 42.5 Å². The van der Waals surface area contributed by atoms with Crippen molar-refractivity contribution in [2.75, 3.05) is 6.61 Å². The lowest BCUT2D eigenvalue weighted by molar-refractivity contribution is -0.123. The smallest absolute Gasteiger partial charge is 0.258 e.